The van der Waals surface area contributed by atoms with E-state index in [1.165, 1.54) is 4.68 Å². The Morgan fingerprint density at radius 1 is 1.17 bits per heavy atom. The molecule has 156 valence electrons. The molecule has 2 aromatic rings. The molecule has 1 aromatic carbocycles. The first-order chi connectivity index (χ1) is 14.1. The number of hydrogen-bond acceptors (Lipinski definition) is 7. The normalized spacial score (nSPS) is 16.7. The molecule has 4 rings (SSSR count). The zero-order valence-corrected chi connectivity index (χ0v) is 17.3. The topological polar surface area (TPSA) is 71.9 Å². The zero-order valence-electron chi connectivity index (χ0n) is 16.6. The fraction of sp³-hybridized carbons (Fsp3) is 0.500. The minimum Gasteiger partial charge on any atom is -0.486 e. The van der Waals surface area contributed by atoms with Gasteiger partial charge in [0.25, 0.3) is 5.56 Å². The van der Waals surface area contributed by atoms with Crippen molar-refractivity contribution in [3.63, 3.8) is 0 Å². The van der Waals surface area contributed by atoms with Gasteiger partial charge in [0.1, 0.15) is 18.2 Å². The number of nitrogens with zero attached hydrogens (tertiary/aromatic N) is 4. The summed E-state index contributed by atoms with van der Waals surface area (Å²) in [6.45, 7) is 6.85. The van der Waals surface area contributed by atoms with Crippen molar-refractivity contribution in [1.82, 2.24) is 14.7 Å². The monoisotopic (exact) mass is 419 g/mol. The second-order valence-corrected chi connectivity index (χ2v) is 7.59. The molecule has 8 nitrogen and oxygen atoms in total. The Morgan fingerprint density at radius 3 is 2.79 bits per heavy atom. The van der Waals surface area contributed by atoms with Crippen molar-refractivity contribution in [2.45, 2.75) is 6.42 Å². The maximum Gasteiger partial charge on any atom is 0.287 e. The highest BCUT2D eigenvalue weighted by Crippen LogP contribution is 2.39. The molecule has 0 spiro atoms. The third kappa shape index (κ3) is 4.43. The summed E-state index contributed by atoms with van der Waals surface area (Å²) in [4.78, 5) is 16.6. The highest BCUT2D eigenvalue weighted by molar-refractivity contribution is 6.32. The molecule has 1 fully saturated rings. The van der Waals surface area contributed by atoms with Gasteiger partial charge in [0.15, 0.2) is 11.5 Å². The number of halogens is 1. The van der Waals surface area contributed by atoms with Gasteiger partial charge in [-0.05, 0) is 25.1 Å². The van der Waals surface area contributed by atoms with Crippen molar-refractivity contribution in [2.24, 2.45) is 7.05 Å². The van der Waals surface area contributed by atoms with Crippen LogP contribution in [0.2, 0.25) is 5.02 Å². The molecular weight excluding hydrogens is 394 g/mol. The van der Waals surface area contributed by atoms with Gasteiger partial charge in [-0.1, -0.05) is 17.7 Å². The fourth-order valence-electron chi connectivity index (χ4n) is 3.68. The van der Waals surface area contributed by atoms with E-state index in [1.807, 2.05) is 12.1 Å². The summed E-state index contributed by atoms with van der Waals surface area (Å²) in [5.41, 5.74) is 1.43. The average molecular weight is 420 g/mol. The number of aromatic nitrogens is 2. The summed E-state index contributed by atoms with van der Waals surface area (Å²) in [6.07, 6.45) is 2.55. The summed E-state index contributed by atoms with van der Waals surface area (Å²) < 4.78 is 12.8. The number of anilines is 2. The van der Waals surface area contributed by atoms with Crippen LogP contribution in [0, 0.1) is 0 Å². The molecule has 0 aliphatic carbocycles. The lowest BCUT2D eigenvalue weighted by Gasteiger charge is -2.37. The van der Waals surface area contributed by atoms with E-state index in [9.17, 15) is 4.79 Å². The zero-order chi connectivity index (χ0) is 20.2. The molecule has 0 radical (unpaired) electrons. The second-order valence-electron chi connectivity index (χ2n) is 7.21. The molecule has 1 N–H and O–H groups in total. The molecule has 29 heavy (non-hydrogen) atoms. The Kier molecular flexibility index (Phi) is 6.10. The second kappa shape index (κ2) is 8.92. The predicted octanol–water partition coefficient (Wildman–Crippen LogP) is 1.83. The van der Waals surface area contributed by atoms with Gasteiger partial charge >= 0.3 is 0 Å². The molecule has 3 heterocycles. The van der Waals surface area contributed by atoms with Crippen molar-refractivity contribution in [1.29, 1.82) is 0 Å². The maximum atomic E-state index is 11.8. The molecule has 9 heteroatoms. The SMILES string of the molecule is Cn1ncc(NCCCN2CCN(c3cccc4c3OCCO4)CC2)c(Cl)c1=O. The Hall–Kier alpha value is -2.45. The van der Waals surface area contributed by atoms with E-state index in [1.54, 1.807) is 13.2 Å². The van der Waals surface area contributed by atoms with E-state index in [0.29, 0.717) is 18.9 Å². The van der Waals surface area contributed by atoms with Gasteiger partial charge in [-0.3, -0.25) is 9.69 Å². The van der Waals surface area contributed by atoms with Gasteiger partial charge < -0.3 is 19.7 Å². The number of benzene rings is 1. The summed E-state index contributed by atoms with van der Waals surface area (Å²) in [6, 6.07) is 6.10. The molecule has 2 aliphatic heterocycles. The number of rotatable bonds is 6. The molecule has 0 saturated carbocycles. The number of para-hydroxylation sites is 1. The minimum absolute atomic E-state index is 0.188. The summed E-state index contributed by atoms with van der Waals surface area (Å²) >= 11 is 6.08. The van der Waals surface area contributed by atoms with Gasteiger partial charge in [-0.2, -0.15) is 5.10 Å². The van der Waals surface area contributed by atoms with Gasteiger partial charge in [0, 0.05) is 39.8 Å². The van der Waals surface area contributed by atoms with E-state index in [2.05, 4.69) is 26.3 Å². The molecule has 1 saturated heterocycles. The van der Waals surface area contributed by atoms with Crippen LogP contribution in [0.25, 0.3) is 0 Å². The molecule has 1 aromatic heterocycles. The number of nitrogens with one attached hydrogen (secondary N) is 1. The fourth-order valence-corrected chi connectivity index (χ4v) is 3.92. The van der Waals surface area contributed by atoms with E-state index in [0.717, 1.165) is 62.9 Å². The number of aryl methyl sites for hydroxylation is 1. The van der Waals surface area contributed by atoms with Crippen molar-refractivity contribution in [3.8, 4) is 11.5 Å². The van der Waals surface area contributed by atoms with Crippen LogP contribution in [0.15, 0.2) is 29.2 Å². The van der Waals surface area contributed by atoms with Crippen molar-refractivity contribution in [3.05, 3.63) is 39.8 Å². The lowest BCUT2D eigenvalue weighted by molar-refractivity contribution is 0.171. The van der Waals surface area contributed by atoms with Crippen molar-refractivity contribution < 1.29 is 9.47 Å². The molecular formula is C20H26ClN5O3. The summed E-state index contributed by atoms with van der Waals surface area (Å²) in [7, 11) is 1.59. The van der Waals surface area contributed by atoms with Crippen LogP contribution in [0.4, 0.5) is 11.4 Å². The Balaban J connectivity index is 1.24. The quantitative estimate of drug-likeness (QED) is 0.716. The van der Waals surface area contributed by atoms with Crippen LogP contribution in [-0.2, 0) is 7.05 Å². The van der Waals surface area contributed by atoms with Crippen molar-refractivity contribution in [2.75, 3.05) is 62.7 Å². The first-order valence-corrected chi connectivity index (χ1v) is 10.3. The number of fused-ring (bicyclic) bond motifs is 1. The summed E-state index contributed by atoms with van der Waals surface area (Å²) in [5, 5.41) is 7.40. The Bertz CT molecular complexity index is 911. The molecule has 0 bridgehead atoms. The van der Waals surface area contributed by atoms with Crippen molar-refractivity contribution >= 4 is 23.0 Å². The van der Waals surface area contributed by atoms with Gasteiger partial charge in [-0.25, -0.2) is 4.68 Å². The van der Waals surface area contributed by atoms with E-state index >= 15 is 0 Å². The third-order valence-corrected chi connectivity index (χ3v) is 5.67. The van der Waals surface area contributed by atoms with Gasteiger partial charge in [0.2, 0.25) is 0 Å². The van der Waals surface area contributed by atoms with Gasteiger partial charge in [-0.15, -0.1) is 0 Å². The third-order valence-electron chi connectivity index (χ3n) is 5.30. The maximum absolute atomic E-state index is 11.8. The number of hydrogen-bond donors (Lipinski definition) is 1. The van der Waals surface area contributed by atoms with E-state index < -0.39 is 0 Å². The number of ether oxygens (including phenoxy) is 2. The minimum atomic E-state index is -0.287. The molecule has 2 aliphatic rings. The van der Waals surface area contributed by atoms with E-state index in [-0.39, 0.29) is 10.6 Å². The standard InChI is InChI=1S/C20H26ClN5O3/c1-24-20(27)18(21)15(14-23-24)22-6-3-7-25-8-10-26(11-9-25)16-4-2-5-17-19(16)29-13-12-28-17/h2,4-5,14,22H,3,6-13H2,1H3. The predicted molar refractivity (Wildman–Crippen MR) is 114 cm³/mol. The Morgan fingerprint density at radius 2 is 1.97 bits per heavy atom. The van der Waals surface area contributed by atoms with Crippen LogP contribution in [0.3, 0.4) is 0 Å². The first-order valence-electron chi connectivity index (χ1n) is 9.95. The largest absolute Gasteiger partial charge is 0.486 e. The van der Waals surface area contributed by atoms with Gasteiger partial charge in [0.05, 0.1) is 17.6 Å². The average Bonchev–Trinajstić information content (AvgIpc) is 2.76. The highest BCUT2D eigenvalue weighted by atomic mass is 35.5. The lowest BCUT2D eigenvalue weighted by Crippen LogP contribution is -2.47. The number of piperazine rings is 1. The first kappa shape index (κ1) is 19.8. The molecule has 0 amide bonds. The highest BCUT2D eigenvalue weighted by Gasteiger charge is 2.23. The van der Waals surface area contributed by atoms with Crippen LogP contribution in [0.5, 0.6) is 11.5 Å². The molecule has 0 atom stereocenters. The molecule has 0 unspecified atom stereocenters. The lowest BCUT2D eigenvalue weighted by atomic mass is 10.2. The summed E-state index contributed by atoms with van der Waals surface area (Å²) in [5.74, 6) is 1.71. The van der Waals surface area contributed by atoms with Crippen LogP contribution < -0.4 is 25.2 Å². The van der Waals surface area contributed by atoms with Crippen LogP contribution in [0.1, 0.15) is 6.42 Å². The van der Waals surface area contributed by atoms with E-state index in [4.69, 9.17) is 21.1 Å². The Labute approximate surface area is 175 Å². The smallest absolute Gasteiger partial charge is 0.287 e. The van der Waals surface area contributed by atoms with Crippen LogP contribution >= 0.6 is 11.6 Å². The van der Waals surface area contributed by atoms with Crippen LogP contribution in [-0.4, -0.2) is 67.2 Å².